The van der Waals surface area contributed by atoms with E-state index in [1.807, 2.05) is 0 Å². The fourth-order valence-electron chi connectivity index (χ4n) is 2.79. The van der Waals surface area contributed by atoms with Gasteiger partial charge >= 0.3 is 0 Å². The quantitative estimate of drug-likeness (QED) is 0.647. The molecule has 2 rings (SSSR count). The molecule has 0 aliphatic rings. The lowest BCUT2D eigenvalue weighted by Gasteiger charge is -2.15. The van der Waals surface area contributed by atoms with E-state index >= 15 is 0 Å². The van der Waals surface area contributed by atoms with Gasteiger partial charge in [0, 0.05) is 30.1 Å². The Morgan fingerprint density at radius 3 is 2.50 bits per heavy atom. The number of rotatable bonds is 5. The SMILES string of the molecule is Cc1cc(C)c([N+](=O)[O-])c(C)c1C(=O)NCC(O)c1ccncc1. The van der Waals surface area contributed by atoms with Gasteiger partial charge in [-0.05, 0) is 50.1 Å². The van der Waals surface area contributed by atoms with Crippen LogP contribution < -0.4 is 5.32 Å². The Morgan fingerprint density at radius 1 is 1.29 bits per heavy atom. The zero-order chi connectivity index (χ0) is 17.9. The van der Waals surface area contributed by atoms with Crippen LogP contribution >= 0.6 is 0 Å². The summed E-state index contributed by atoms with van der Waals surface area (Å²) >= 11 is 0. The second kappa shape index (κ2) is 7.18. The molecule has 0 saturated carbocycles. The maximum absolute atomic E-state index is 12.5. The van der Waals surface area contributed by atoms with E-state index in [2.05, 4.69) is 10.3 Å². The van der Waals surface area contributed by atoms with Crippen LogP contribution in [0.15, 0.2) is 30.6 Å². The number of hydrogen-bond acceptors (Lipinski definition) is 5. The van der Waals surface area contributed by atoms with E-state index < -0.39 is 16.9 Å². The van der Waals surface area contributed by atoms with E-state index in [0.29, 0.717) is 22.3 Å². The molecule has 0 aliphatic carbocycles. The van der Waals surface area contributed by atoms with Gasteiger partial charge in [-0.3, -0.25) is 19.9 Å². The first-order valence-electron chi connectivity index (χ1n) is 7.44. The fourth-order valence-corrected chi connectivity index (χ4v) is 2.79. The number of amides is 1. The number of benzene rings is 1. The largest absolute Gasteiger partial charge is 0.387 e. The summed E-state index contributed by atoms with van der Waals surface area (Å²) in [5, 5.41) is 23.9. The van der Waals surface area contributed by atoms with Gasteiger partial charge in [-0.25, -0.2) is 0 Å². The van der Waals surface area contributed by atoms with Gasteiger partial charge in [-0.1, -0.05) is 0 Å². The monoisotopic (exact) mass is 329 g/mol. The molecule has 1 atom stereocenters. The van der Waals surface area contributed by atoms with Crippen LogP contribution in [0.25, 0.3) is 0 Å². The van der Waals surface area contributed by atoms with Crippen LogP contribution in [0.5, 0.6) is 0 Å². The van der Waals surface area contributed by atoms with Gasteiger partial charge in [0.15, 0.2) is 0 Å². The zero-order valence-electron chi connectivity index (χ0n) is 13.7. The van der Waals surface area contributed by atoms with Crippen molar-refractivity contribution in [3.63, 3.8) is 0 Å². The maximum Gasteiger partial charge on any atom is 0.275 e. The first-order valence-corrected chi connectivity index (χ1v) is 7.44. The van der Waals surface area contributed by atoms with Crippen molar-refractivity contribution >= 4 is 11.6 Å². The minimum Gasteiger partial charge on any atom is -0.387 e. The standard InChI is InChI=1S/C17H19N3O4/c1-10-8-11(2)16(20(23)24)12(3)15(10)17(22)19-9-14(21)13-4-6-18-7-5-13/h4-8,14,21H,9H2,1-3H3,(H,19,22). The molecule has 0 fully saturated rings. The van der Waals surface area contributed by atoms with Crippen LogP contribution in [0.2, 0.25) is 0 Å². The number of carbonyl (C=O) groups is 1. The van der Waals surface area contributed by atoms with E-state index in [1.165, 1.54) is 0 Å². The number of nitrogens with one attached hydrogen (secondary N) is 1. The molecule has 0 spiro atoms. The molecule has 7 heteroatoms. The second-order valence-corrected chi connectivity index (χ2v) is 5.62. The lowest BCUT2D eigenvalue weighted by atomic mass is 9.96. The van der Waals surface area contributed by atoms with Crippen molar-refractivity contribution < 1.29 is 14.8 Å². The Labute approximate surface area is 139 Å². The summed E-state index contributed by atoms with van der Waals surface area (Å²) in [5.41, 5.74) is 2.35. The number of aromatic nitrogens is 1. The lowest BCUT2D eigenvalue weighted by molar-refractivity contribution is -0.386. The molecule has 0 radical (unpaired) electrons. The summed E-state index contributed by atoms with van der Waals surface area (Å²) in [6.45, 7) is 4.95. The van der Waals surface area contributed by atoms with Crippen LogP contribution in [0.4, 0.5) is 5.69 Å². The summed E-state index contributed by atoms with van der Waals surface area (Å²) < 4.78 is 0. The van der Waals surface area contributed by atoms with Crippen LogP contribution in [0.3, 0.4) is 0 Å². The van der Waals surface area contributed by atoms with Gasteiger partial charge in [-0.15, -0.1) is 0 Å². The molecule has 2 aromatic rings. The molecule has 0 saturated heterocycles. The Balaban J connectivity index is 2.21. The van der Waals surface area contributed by atoms with Gasteiger partial charge in [0.2, 0.25) is 0 Å². The minimum atomic E-state index is -0.877. The highest BCUT2D eigenvalue weighted by atomic mass is 16.6. The molecule has 7 nitrogen and oxygen atoms in total. The van der Waals surface area contributed by atoms with Crippen LogP contribution in [-0.2, 0) is 0 Å². The highest BCUT2D eigenvalue weighted by Crippen LogP contribution is 2.28. The maximum atomic E-state index is 12.5. The Hall–Kier alpha value is -2.80. The highest BCUT2D eigenvalue weighted by Gasteiger charge is 2.24. The van der Waals surface area contributed by atoms with Crippen molar-refractivity contribution in [3.05, 3.63) is 68.5 Å². The predicted molar refractivity (Wildman–Crippen MR) is 88.8 cm³/mol. The topological polar surface area (TPSA) is 105 Å². The molecule has 1 aromatic carbocycles. The molecule has 1 unspecified atom stereocenters. The molecule has 24 heavy (non-hydrogen) atoms. The van der Waals surface area contributed by atoms with Crippen molar-refractivity contribution in [2.24, 2.45) is 0 Å². The second-order valence-electron chi connectivity index (χ2n) is 5.62. The van der Waals surface area contributed by atoms with E-state index in [-0.39, 0.29) is 17.8 Å². The third-order valence-electron chi connectivity index (χ3n) is 3.89. The summed E-state index contributed by atoms with van der Waals surface area (Å²) in [4.78, 5) is 27.0. The molecular formula is C17H19N3O4. The third-order valence-corrected chi connectivity index (χ3v) is 3.89. The Bertz CT molecular complexity index is 775. The number of aliphatic hydroxyl groups is 1. The number of nitrogens with zero attached hydrogens (tertiary/aromatic N) is 2. The third kappa shape index (κ3) is 3.57. The minimum absolute atomic E-state index is 0.00337. The van der Waals surface area contributed by atoms with E-state index in [0.717, 1.165) is 0 Å². The predicted octanol–water partition coefficient (Wildman–Crippen LogP) is 2.38. The molecule has 2 N–H and O–H groups in total. The van der Waals surface area contributed by atoms with Gasteiger partial charge in [0.1, 0.15) is 0 Å². The van der Waals surface area contributed by atoms with Crippen LogP contribution in [0, 0.1) is 30.9 Å². The molecule has 0 bridgehead atoms. The van der Waals surface area contributed by atoms with Crippen LogP contribution in [0.1, 0.15) is 38.7 Å². The number of aryl methyl sites for hydroxylation is 2. The molecule has 1 heterocycles. The molecule has 126 valence electrons. The summed E-state index contributed by atoms with van der Waals surface area (Å²) in [7, 11) is 0. The summed E-state index contributed by atoms with van der Waals surface area (Å²) in [5.74, 6) is -0.443. The number of carbonyl (C=O) groups excluding carboxylic acids is 1. The zero-order valence-corrected chi connectivity index (χ0v) is 13.7. The lowest BCUT2D eigenvalue weighted by Crippen LogP contribution is -2.29. The molecule has 1 amide bonds. The highest BCUT2D eigenvalue weighted by molar-refractivity contribution is 5.98. The van der Waals surface area contributed by atoms with Gasteiger partial charge < -0.3 is 10.4 Å². The van der Waals surface area contributed by atoms with E-state index in [4.69, 9.17) is 0 Å². The number of nitro benzene ring substituents is 1. The van der Waals surface area contributed by atoms with Crippen LogP contribution in [-0.4, -0.2) is 27.5 Å². The first kappa shape index (κ1) is 17.6. The molecular weight excluding hydrogens is 310 g/mol. The normalized spacial score (nSPS) is 11.8. The van der Waals surface area contributed by atoms with Crippen molar-refractivity contribution in [1.29, 1.82) is 0 Å². The smallest absolute Gasteiger partial charge is 0.275 e. The molecule has 0 aliphatic heterocycles. The van der Waals surface area contributed by atoms with E-state index in [1.54, 1.807) is 51.4 Å². The number of pyridine rings is 1. The molecule has 1 aromatic heterocycles. The van der Waals surface area contributed by atoms with Gasteiger partial charge in [0.05, 0.1) is 16.6 Å². The summed E-state index contributed by atoms with van der Waals surface area (Å²) in [6, 6.07) is 4.94. The van der Waals surface area contributed by atoms with Gasteiger partial charge in [0.25, 0.3) is 11.6 Å². The van der Waals surface area contributed by atoms with Gasteiger partial charge in [-0.2, -0.15) is 0 Å². The number of hydrogen-bond donors (Lipinski definition) is 2. The van der Waals surface area contributed by atoms with Crippen molar-refractivity contribution in [2.75, 3.05) is 6.54 Å². The number of aliphatic hydroxyl groups excluding tert-OH is 1. The average Bonchev–Trinajstić information content (AvgIpc) is 2.52. The number of nitro groups is 1. The summed E-state index contributed by atoms with van der Waals surface area (Å²) in [6.07, 6.45) is 2.23. The Kier molecular flexibility index (Phi) is 5.25. The van der Waals surface area contributed by atoms with Crippen molar-refractivity contribution in [2.45, 2.75) is 26.9 Å². The first-order chi connectivity index (χ1) is 11.3. The van der Waals surface area contributed by atoms with E-state index in [9.17, 15) is 20.0 Å². The van der Waals surface area contributed by atoms with Crippen molar-refractivity contribution in [1.82, 2.24) is 10.3 Å². The fraction of sp³-hybridized carbons (Fsp3) is 0.294. The van der Waals surface area contributed by atoms with Crippen molar-refractivity contribution in [3.8, 4) is 0 Å². The Morgan fingerprint density at radius 2 is 1.92 bits per heavy atom. The average molecular weight is 329 g/mol.